The molecule has 2 rings (SSSR count). The zero-order valence-electron chi connectivity index (χ0n) is 10.9. The van der Waals surface area contributed by atoms with Crippen LogP contribution in [0.15, 0.2) is 18.3 Å². The Morgan fingerprint density at radius 2 is 2.44 bits per heavy atom. The van der Waals surface area contributed by atoms with Gasteiger partial charge in [0.15, 0.2) is 0 Å². The summed E-state index contributed by atoms with van der Waals surface area (Å²) in [5, 5.41) is 3.13. The number of rotatable bonds is 4. The quantitative estimate of drug-likeness (QED) is 0.814. The molecule has 1 unspecified atom stereocenters. The predicted molar refractivity (Wildman–Crippen MR) is 71.1 cm³/mol. The zero-order valence-corrected chi connectivity index (χ0v) is 10.9. The Kier molecular flexibility index (Phi) is 3.52. The predicted octanol–water partition coefficient (Wildman–Crippen LogP) is 0.503. The fourth-order valence-corrected chi connectivity index (χ4v) is 2.39. The highest BCUT2D eigenvalue weighted by atomic mass is 16.1. The van der Waals surface area contributed by atoms with Crippen molar-refractivity contribution in [1.29, 1.82) is 0 Å². The summed E-state index contributed by atoms with van der Waals surface area (Å²) < 4.78 is 0. The molecule has 0 aliphatic carbocycles. The molecule has 1 aromatic rings. The Hall–Kier alpha value is -1.62. The van der Waals surface area contributed by atoms with Gasteiger partial charge in [0.05, 0.1) is 5.41 Å². The largest absolute Gasteiger partial charge is 0.369 e. The van der Waals surface area contributed by atoms with Crippen molar-refractivity contribution in [3.63, 3.8) is 0 Å². The van der Waals surface area contributed by atoms with Gasteiger partial charge in [0.2, 0.25) is 5.91 Å². The Labute approximate surface area is 107 Å². The number of anilines is 1. The molecule has 0 bridgehead atoms. The molecule has 5 heteroatoms. The molecule has 98 valence electrons. The molecule has 1 aliphatic rings. The number of amides is 1. The van der Waals surface area contributed by atoms with Crippen LogP contribution in [0.1, 0.15) is 18.9 Å². The van der Waals surface area contributed by atoms with E-state index in [0.29, 0.717) is 6.54 Å². The zero-order chi connectivity index (χ0) is 13.2. The van der Waals surface area contributed by atoms with Crippen molar-refractivity contribution in [2.24, 2.45) is 11.1 Å². The number of aromatic nitrogens is 1. The summed E-state index contributed by atoms with van der Waals surface area (Å²) >= 11 is 0. The summed E-state index contributed by atoms with van der Waals surface area (Å²) in [6.07, 6.45) is 2.58. The first-order valence-electron chi connectivity index (χ1n) is 6.20. The van der Waals surface area contributed by atoms with E-state index in [-0.39, 0.29) is 5.91 Å². The third kappa shape index (κ3) is 2.31. The van der Waals surface area contributed by atoms with Crippen LogP contribution in [0, 0.1) is 5.41 Å². The van der Waals surface area contributed by atoms with Crippen LogP contribution >= 0.6 is 0 Å². The topological polar surface area (TPSA) is 71.2 Å². The lowest BCUT2D eigenvalue weighted by Crippen LogP contribution is -2.37. The van der Waals surface area contributed by atoms with Gasteiger partial charge in [0.25, 0.3) is 0 Å². The van der Waals surface area contributed by atoms with E-state index < -0.39 is 5.41 Å². The second-order valence-corrected chi connectivity index (χ2v) is 5.11. The van der Waals surface area contributed by atoms with Crippen molar-refractivity contribution in [3.05, 3.63) is 23.9 Å². The van der Waals surface area contributed by atoms with Crippen LogP contribution in [0.5, 0.6) is 0 Å². The molecule has 2 heterocycles. The maximum atomic E-state index is 11.5. The number of hydrogen-bond donors (Lipinski definition) is 2. The maximum Gasteiger partial charge on any atom is 0.225 e. The molecule has 0 saturated carbocycles. The fraction of sp³-hybridized carbons (Fsp3) is 0.538. The van der Waals surface area contributed by atoms with Crippen LogP contribution in [0.25, 0.3) is 0 Å². The lowest BCUT2D eigenvalue weighted by Gasteiger charge is -2.23. The molecular weight excluding hydrogens is 228 g/mol. The summed E-state index contributed by atoms with van der Waals surface area (Å²) in [5.74, 6) is 0.730. The van der Waals surface area contributed by atoms with Crippen LogP contribution in [-0.2, 0) is 11.3 Å². The van der Waals surface area contributed by atoms with Gasteiger partial charge in [-0.15, -0.1) is 0 Å². The van der Waals surface area contributed by atoms with E-state index in [4.69, 9.17) is 5.73 Å². The first kappa shape index (κ1) is 12.8. The normalized spacial score (nSPS) is 23.3. The number of primary amides is 1. The third-order valence-electron chi connectivity index (χ3n) is 3.60. The van der Waals surface area contributed by atoms with Crippen LogP contribution < -0.4 is 16.0 Å². The minimum atomic E-state index is -0.436. The lowest BCUT2D eigenvalue weighted by molar-refractivity contribution is -0.125. The second-order valence-electron chi connectivity index (χ2n) is 5.11. The third-order valence-corrected chi connectivity index (χ3v) is 3.60. The van der Waals surface area contributed by atoms with Crippen molar-refractivity contribution >= 4 is 11.7 Å². The number of nitrogens with one attached hydrogen (secondary N) is 1. The van der Waals surface area contributed by atoms with E-state index in [0.717, 1.165) is 30.9 Å². The Morgan fingerprint density at radius 3 is 3.06 bits per heavy atom. The van der Waals surface area contributed by atoms with Crippen molar-refractivity contribution in [2.45, 2.75) is 19.9 Å². The molecule has 1 atom stereocenters. The van der Waals surface area contributed by atoms with Crippen molar-refractivity contribution in [3.8, 4) is 0 Å². The molecule has 1 aliphatic heterocycles. The van der Waals surface area contributed by atoms with Gasteiger partial charge < -0.3 is 16.0 Å². The number of nitrogens with zero attached hydrogens (tertiary/aromatic N) is 2. The van der Waals surface area contributed by atoms with Gasteiger partial charge in [-0.1, -0.05) is 6.07 Å². The van der Waals surface area contributed by atoms with E-state index in [9.17, 15) is 4.79 Å². The monoisotopic (exact) mass is 248 g/mol. The number of carbonyl (C=O) groups is 1. The summed E-state index contributed by atoms with van der Waals surface area (Å²) in [6, 6.07) is 3.98. The van der Waals surface area contributed by atoms with Gasteiger partial charge in [-0.25, -0.2) is 4.98 Å². The summed E-state index contributed by atoms with van der Waals surface area (Å²) in [4.78, 5) is 18.1. The van der Waals surface area contributed by atoms with E-state index in [1.807, 2.05) is 20.0 Å². The van der Waals surface area contributed by atoms with E-state index in [2.05, 4.69) is 21.3 Å². The van der Waals surface area contributed by atoms with E-state index in [1.165, 1.54) is 0 Å². The molecule has 0 aromatic carbocycles. The van der Waals surface area contributed by atoms with Crippen molar-refractivity contribution in [1.82, 2.24) is 10.3 Å². The van der Waals surface area contributed by atoms with Gasteiger partial charge in [0, 0.05) is 31.4 Å². The Balaban J connectivity index is 2.21. The van der Waals surface area contributed by atoms with Gasteiger partial charge in [0.1, 0.15) is 5.82 Å². The van der Waals surface area contributed by atoms with E-state index in [1.54, 1.807) is 6.20 Å². The molecule has 1 aromatic heterocycles. The van der Waals surface area contributed by atoms with Crippen LogP contribution in [-0.4, -0.2) is 31.0 Å². The smallest absolute Gasteiger partial charge is 0.225 e. The standard InChI is InChI=1S/C13H20N4O/c1-13(12(14)18)5-7-17(9-13)11-10(8-15-2)4-3-6-16-11/h3-4,6,15H,5,7-9H2,1-2H3,(H2,14,18). The highest BCUT2D eigenvalue weighted by Crippen LogP contribution is 2.33. The minimum Gasteiger partial charge on any atom is -0.369 e. The van der Waals surface area contributed by atoms with Gasteiger partial charge >= 0.3 is 0 Å². The highest BCUT2D eigenvalue weighted by molar-refractivity contribution is 5.82. The molecule has 1 fully saturated rings. The lowest BCUT2D eigenvalue weighted by atomic mass is 9.89. The van der Waals surface area contributed by atoms with Crippen LogP contribution in [0.3, 0.4) is 0 Å². The number of pyridine rings is 1. The summed E-state index contributed by atoms with van der Waals surface area (Å²) in [5.41, 5.74) is 6.18. The SMILES string of the molecule is CNCc1cccnc1N1CCC(C)(C(N)=O)C1. The molecule has 3 N–H and O–H groups in total. The summed E-state index contributed by atoms with van der Waals surface area (Å²) in [7, 11) is 1.91. The Bertz CT molecular complexity index is 448. The number of carbonyl (C=O) groups excluding carboxylic acids is 1. The molecule has 1 saturated heterocycles. The molecule has 0 spiro atoms. The fourth-order valence-electron chi connectivity index (χ4n) is 2.39. The maximum absolute atomic E-state index is 11.5. The Morgan fingerprint density at radius 1 is 1.67 bits per heavy atom. The molecular formula is C13H20N4O. The second kappa shape index (κ2) is 4.94. The molecule has 18 heavy (non-hydrogen) atoms. The highest BCUT2D eigenvalue weighted by Gasteiger charge is 2.39. The molecule has 0 radical (unpaired) electrons. The molecule has 1 amide bonds. The number of nitrogens with two attached hydrogens (primary N) is 1. The van der Waals surface area contributed by atoms with Crippen LogP contribution in [0.2, 0.25) is 0 Å². The number of hydrogen-bond acceptors (Lipinski definition) is 4. The minimum absolute atomic E-state index is 0.226. The van der Waals surface area contributed by atoms with Gasteiger partial charge in [-0.2, -0.15) is 0 Å². The van der Waals surface area contributed by atoms with E-state index >= 15 is 0 Å². The van der Waals surface area contributed by atoms with Crippen molar-refractivity contribution in [2.75, 3.05) is 25.0 Å². The average molecular weight is 248 g/mol. The summed E-state index contributed by atoms with van der Waals surface area (Å²) in [6.45, 7) is 4.17. The van der Waals surface area contributed by atoms with Gasteiger partial charge in [-0.05, 0) is 26.5 Å². The van der Waals surface area contributed by atoms with Crippen molar-refractivity contribution < 1.29 is 4.79 Å². The first-order chi connectivity index (χ1) is 8.57. The average Bonchev–Trinajstić information content (AvgIpc) is 2.74. The first-order valence-corrected chi connectivity index (χ1v) is 6.20. The van der Waals surface area contributed by atoms with Crippen LogP contribution in [0.4, 0.5) is 5.82 Å². The molecule has 5 nitrogen and oxygen atoms in total. The van der Waals surface area contributed by atoms with Gasteiger partial charge in [-0.3, -0.25) is 4.79 Å².